The fourth-order valence-electron chi connectivity index (χ4n) is 2.76. The lowest BCUT2D eigenvalue weighted by Gasteiger charge is -2.10. The average molecular weight is 320 g/mol. The molecule has 0 saturated carbocycles. The zero-order valence-corrected chi connectivity index (χ0v) is 12.8. The third-order valence-corrected chi connectivity index (χ3v) is 4.20. The molecule has 1 amide bonds. The molecule has 1 N–H and O–H groups in total. The highest BCUT2D eigenvalue weighted by Crippen LogP contribution is 2.28. The van der Waals surface area contributed by atoms with Gasteiger partial charge in [-0.25, -0.2) is 4.39 Å². The molecule has 0 aliphatic heterocycles. The van der Waals surface area contributed by atoms with Crippen LogP contribution in [0.15, 0.2) is 36.4 Å². The van der Waals surface area contributed by atoms with Crippen LogP contribution in [-0.2, 0) is 17.6 Å². The highest BCUT2D eigenvalue weighted by molar-refractivity contribution is 6.31. The van der Waals surface area contributed by atoms with Gasteiger partial charge in [0, 0.05) is 18.4 Å². The first kappa shape index (κ1) is 15.0. The third kappa shape index (κ3) is 2.85. The van der Waals surface area contributed by atoms with Crippen molar-refractivity contribution in [3.8, 4) is 0 Å². The maximum atomic E-state index is 13.2. The zero-order chi connectivity index (χ0) is 15.7. The monoisotopic (exact) mass is 319 g/mol. The summed E-state index contributed by atoms with van der Waals surface area (Å²) in [7, 11) is 1.68. The van der Waals surface area contributed by atoms with Gasteiger partial charge in [-0.2, -0.15) is 0 Å². The molecular weight excluding hydrogens is 305 g/mol. The van der Waals surface area contributed by atoms with E-state index in [0.29, 0.717) is 11.3 Å². The van der Waals surface area contributed by atoms with E-state index < -0.39 is 5.82 Å². The van der Waals surface area contributed by atoms with E-state index in [-0.39, 0.29) is 17.0 Å². The first-order valence-corrected chi connectivity index (χ1v) is 7.36. The first-order chi connectivity index (χ1) is 10.6. The first-order valence-electron chi connectivity index (χ1n) is 6.98. The van der Waals surface area contributed by atoms with Gasteiger partial charge in [-0.1, -0.05) is 23.7 Å². The van der Waals surface area contributed by atoms with Crippen molar-refractivity contribution in [2.75, 3.05) is 12.4 Å². The molecule has 0 aromatic heterocycles. The number of rotatable bonds is 3. The number of amides is 1. The van der Waals surface area contributed by atoms with Crippen LogP contribution < -0.4 is 5.32 Å². The van der Waals surface area contributed by atoms with E-state index in [0.717, 1.165) is 24.0 Å². The van der Waals surface area contributed by atoms with Gasteiger partial charge < -0.3 is 10.1 Å². The van der Waals surface area contributed by atoms with Crippen molar-refractivity contribution >= 4 is 23.2 Å². The van der Waals surface area contributed by atoms with Crippen molar-refractivity contribution < 1.29 is 13.9 Å². The third-order valence-electron chi connectivity index (χ3n) is 3.91. The van der Waals surface area contributed by atoms with E-state index >= 15 is 0 Å². The Labute approximate surface area is 133 Å². The van der Waals surface area contributed by atoms with E-state index in [1.807, 2.05) is 12.1 Å². The number of methoxy groups -OCH3 is 1. The fraction of sp³-hybridized carbons (Fsp3) is 0.235. The Bertz CT molecular complexity index is 733. The van der Waals surface area contributed by atoms with Crippen LogP contribution in [0.25, 0.3) is 0 Å². The maximum absolute atomic E-state index is 13.2. The minimum absolute atomic E-state index is 0.0180. The lowest BCUT2D eigenvalue weighted by atomic mass is 10.0. The smallest absolute Gasteiger partial charge is 0.255 e. The van der Waals surface area contributed by atoms with Crippen molar-refractivity contribution in [3.05, 3.63) is 63.9 Å². The van der Waals surface area contributed by atoms with Gasteiger partial charge in [-0.3, -0.25) is 4.79 Å². The Balaban J connectivity index is 1.85. The second-order valence-corrected chi connectivity index (χ2v) is 5.70. The Morgan fingerprint density at radius 1 is 1.32 bits per heavy atom. The van der Waals surface area contributed by atoms with Gasteiger partial charge in [0.2, 0.25) is 0 Å². The second kappa shape index (κ2) is 6.07. The quantitative estimate of drug-likeness (QED) is 0.933. The van der Waals surface area contributed by atoms with Crippen LogP contribution in [0, 0.1) is 5.82 Å². The Morgan fingerprint density at radius 3 is 2.86 bits per heavy atom. The zero-order valence-electron chi connectivity index (χ0n) is 12.0. The molecule has 2 aromatic rings. The fourth-order valence-corrected chi connectivity index (χ4v) is 2.94. The number of carbonyl (C=O) groups is 1. The van der Waals surface area contributed by atoms with Crippen molar-refractivity contribution in [1.29, 1.82) is 0 Å². The molecule has 0 bridgehead atoms. The topological polar surface area (TPSA) is 38.3 Å². The van der Waals surface area contributed by atoms with Crippen LogP contribution in [0.4, 0.5) is 10.1 Å². The Kier molecular flexibility index (Phi) is 4.14. The summed E-state index contributed by atoms with van der Waals surface area (Å²) < 4.78 is 18.5. The number of benzene rings is 2. The molecule has 22 heavy (non-hydrogen) atoms. The standard InChI is InChI=1S/C17H15ClFNO2/c1-22-12-7-10-3-2-4-13(14(10)9-12)17(21)20-11-5-6-16(19)15(18)8-11/h2-6,8,12H,7,9H2,1H3,(H,20,21). The number of ether oxygens (including phenoxy) is 1. The highest BCUT2D eigenvalue weighted by atomic mass is 35.5. The van der Waals surface area contributed by atoms with Gasteiger partial charge in [-0.15, -0.1) is 0 Å². The molecule has 0 spiro atoms. The Morgan fingerprint density at radius 2 is 2.14 bits per heavy atom. The molecule has 114 valence electrons. The minimum atomic E-state index is -0.511. The summed E-state index contributed by atoms with van der Waals surface area (Å²) in [6, 6.07) is 9.78. The number of halogens is 2. The molecule has 1 atom stereocenters. The van der Waals surface area contributed by atoms with Gasteiger partial charge in [0.25, 0.3) is 5.91 Å². The van der Waals surface area contributed by atoms with E-state index in [1.165, 1.54) is 18.2 Å². The van der Waals surface area contributed by atoms with E-state index in [1.54, 1.807) is 13.2 Å². The molecule has 0 fully saturated rings. The molecule has 0 saturated heterocycles. The predicted molar refractivity (Wildman–Crippen MR) is 84.0 cm³/mol. The molecule has 5 heteroatoms. The average Bonchev–Trinajstić information content (AvgIpc) is 2.94. The number of anilines is 1. The van der Waals surface area contributed by atoms with Crippen molar-refractivity contribution in [2.45, 2.75) is 18.9 Å². The predicted octanol–water partition coefficient (Wildman–Crippen LogP) is 3.85. The van der Waals surface area contributed by atoms with Crippen molar-refractivity contribution in [1.82, 2.24) is 0 Å². The van der Waals surface area contributed by atoms with Gasteiger partial charge in [0.05, 0.1) is 11.1 Å². The van der Waals surface area contributed by atoms with E-state index in [4.69, 9.17) is 16.3 Å². The molecule has 1 unspecified atom stereocenters. The number of carbonyl (C=O) groups excluding carboxylic acids is 1. The number of hydrogen-bond donors (Lipinski definition) is 1. The van der Waals surface area contributed by atoms with Crippen LogP contribution in [0.1, 0.15) is 21.5 Å². The number of hydrogen-bond acceptors (Lipinski definition) is 2. The van der Waals surface area contributed by atoms with Crippen molar-refractivity contribution in [2.24, 2.45) is 0 Å². The summed E-state index contributed by atoms with van der Waals surface area (Å²) in [6.07, 6.45) is 1.65. The second-order valence-electron chi connectivity index (χ2n) is 5.29. The van der Waals surface area contributed by atoms with E-state index in [9.17, 15) is 9.18 Å². The van der Waals surface area contributed by atoms with E-state index in [2.05, 4.69) is 5.32 Å². The molecule has 2 aromatic carbocycles. The van der Waals surface area contributed by atoms with Gasteiger partial charge in [0.15, 0.2) is 0 Å². The molecule has 1 aliphatic carbocycles. The molecule has 3 rings (SSSR count). The van der Waals surface area contributed by atoms with Gasteiger partial charge >= 0.3 is 0 Å². The van der Waals surface area contributed by atoms with Gasteiger partial charge in [-0.05, 0) is 48.2 Å². The minimum Gasteiger partial charge on any atom is -0.381 e. The van der Waals surface area contributed by atoms with Crippen molar-refractivity contribution in [3.63, 3.8) is 0 Å². The van der Waals surface area contributed by atoms with Crippen LogP contribution in [0.3, 0.4) is 0 Å². The number of nitrogens with one attached hydrogen (secondary N) is 1. The van der Waals surface area contributed by atoms with Crippen LogP contribution >= 0.6 is 11.6 Å². The molecule has 0 radical (unpaired) electrons. The van der Waals surface area contributed by atoms with Crippen LogP contribution in [-0.4, -0.2) is 19.1 Å². The highest BCUT2D eigenvalue weighted by Gasteiger charge is 2.25. The molecule has 0 heterocycles. The summed E-state index contributed by atoms with van der Waals surface area (Å²) in [5.41, 5.74) is 3.24. The maximum Gasteiger partial charge on any atom is 0.255 e. The Hall–Kier alpha value is -1.91. The summed E-state index contributed by atoms with van der Waals surface area (Å²) in [5.74, 6) is -0.737. The molecule has 3 nitrogen and oxygen atoms in total. The SMILES string of the molecule is COC1Cc2cccc(C(=O)Nc3ccc(F)c(Cl)c3)c2C1. The van der Waals surface area contributed by atoms with Gasteiger partial charge in [0.1, 0.15) is 5.82 Å². The lowest BCUT2D eigenvalue weighted by Crippen LogP contribution is -2.15. The summed E-state index contributed by atoms with van der Waals surface area (Å²) in [6.45, 7) is 0. The molecular formula is C17H15ClFNO2. The van der Waals surface area contributed by atoms with Crippen LogP contribution in [0.5, 0.6) is 0 Å². The normalized spacial score (nSPS) is 16.4. The summed E-state index contributed by atoms with van der Waals surface area (Å²) >= 11 is 5.73. The summed E-state index contributed by atoms with van der Waals surface area (Å²) in [5, 5.41) is 2.74. The lowest BCUT2D eigenvalue weighted by molar-refractivity contribution is 0.102. The summed E-state index contributed by atoms with van der Waals surface area (Å²) in [4.78, 5) is 12.5. The number of fused-ring (bicyclic) bond motifs is 1. The molecule has 1 aliphatic rings. The largest absolute Gasteiger partial charge is 0.381 e. The van der Waals surface area contributed by atoms with Crippen LogP contribution in [0.2, 0.25) is 5.02 Å².